The van der Waals surface area contributed by atoms with E-state index >= 15 is 0 Å². The molecule has 0 aromatic heterocycles. The van der Waals surface area contributed by atoms with E-state index in [2.05, 4.69) is 0 Å². The van der Waals surface area contributed by atoms with Gasteiger partial charge >= 0.3 is 0 Å². The molecule has 1 aromatic carbocycles. The fraction of sp³-hybridized carbons (Fsp3) is 0.333. The van der Waals surface area contributed by atoms with Crippen LogP contribution in [0.4, 0.5) is 4.39 Å². The normalized spacial score (nSPS) is 19.3. The molecule has 1 aliphatic carbocycles. The fourth-order valence-electron chi connectivity index (χ4n) is 1.62. The maximum absolute atomic E-state index is 12.9. The monoisotopic (exact) mass is 215 g/mol. The van der Waals surface area contributed by atoms with E-state index in [9.17, 15) is 12.8 Å². The van der Waals surface area contributed by atoms with Gasteiger partial charge in [-0.05, 0) is 30.5 Å². The van der Waals surface area contributed by atoms with Crippen molar-refractivity contribution in [1.29, 1.82) is 0 Å². The van der Waals surface area contributed by atoms with E-state index in [1.165, 1.54) is 18.2 Å². The van der Waals surface area contributed by atoms with Crippen molar-refractivity contribution in [2.45, 2.75) is 17.6 Å². The Labute approximate surface area is 81.8 Å². The molecular weight excluding hydrogens is 205 g/mol. The summed E-state index contributed by atoms with van der Waals surface area (Å²) in [4.78, 5) is 0. The van der Waals surface area contributed by atoms with Crippen LogP contribution in [-0.2, 0) is 14.8 Å². The van der Waals surface area contributed by atoms with Crippen molar-refractivity contribution in [3.05, 3.63) is 35.6 Å². The molecule has 0 spiro atoms. The summed E-state index contributed by atoms with van der Waals surface area (Å²) in [7, 11) is -3.63. The Balaban J connectivity index is 2.51. The Kier molecular flexibility index (Phi) is 1.90. The van der Waals surface area contributed by atoms with Crippen LogP contribution < -0.4 is 5.14 Å². The zero-order valence-electron chi connectivity index (χ0n) is 7.40. The lowest BCUT2D eigenvalue weighted by molar-refractivity contribution is 0.580. The first kappa shape index (κ1) is 9.61. The van der Waals surface area contributed by atoms with E-state index < -0.39 is 20.6 Å². The zero-order valence-corrected chi connectivity index (χ0v) is 8.22. The lowest BCUT2D eigenvalue weighted by Gasteiger charge is -2.12. The molecule has 14 heavy (non-hydrogen) atoms. The summed E-state index contributed by atoms with van der Waals surface area (Å²) in [6.07, 6.45) is 0.963. The molecule has 1 saturated carbocycles. The zero-order chi connectivity index (χ0) is 10.4. The quantitative estimate of drug-likeness (QED) is 0.803. The minimum absolute atomic E-state index is 0.433. The molecule has 0 radical (unpaired) electrons. The number of hydrogen-bond donors (Lipinski definition) is 1. The topological polar surface area (TPSA) is 60.2 Å². The Bertz CT molecular complexity index is 465. The van der Waals surface area contributed by atoms with Crippen molar-refractivity contribution in [2.24, 2.45) is 5.14 Å². The second-order valence-electron chi connectivity index (χ2n) is 3.55. The third-order valence-electron chi connectivity index (χ3n) is 2.60. The van der Waals surface area contributed by atoms with Crippen molar-refractivity contribution in [3.8, 4) is 0 Å². The summed E-state index contributed by atoms with van der Waals surface area (Å²) in [6, 6.07) is 5.61. The summed E-state index contributed by atoms with van der Waals surface area (Å²) in [6.45, 7) is 0. The predicted octanol–water partition coefficient (Wildman–Crippen LogP) is 1.10. The van der Waals surface area contributed by atoms with E-state index in [1.807, 2.05) is 0 Å². The van der Waals surface area contributed by atoms with Crippen LogP contribution in [0.15, 0.2) is 24.3 Å². The molecule has 76 valence electrons. The van der Waals surface area contributed by atoms with Crippen LogP contribution in [-0.4, -0.2) is 8.42 Å². The molecule has 2 rings (SSSR count). The third-order valence-corrected chi connectivity index (χ3v) is 4.33. The first-order valence-corrected chi connectivity index (χ1v) is 5.79. The molecule has 2 N–H and O–H groups in total. The van der Waals surface area contributed by atoms with Crippen LogP contribution >= 0.6 is 0 Å². The third kappa shape index (κ3) is 1.33. The van der Waals surface area contributed by atoms with Gasteiger partial charge in [0.05, 0.1) is 0 Å². The Hall–Kier alpha value is -0.940. The molecule has 0 aliphatic heterocycles. The maximum atomic E-state index is 12.9. The van der Waals surface area contributed by atoms with Gasteiger partial charge in [0.2, 0.25) is 10.0 Å². The molecular formula is C9H10FNO2S. The highest BCUT2D eigenvalue weighted by molar-refractivity contribution is 7.90. The predicted molar refractivity (Wildman–Crippen MR) is 50.4 cm³/mol. The van der Waals surface area contributed by atoms with Crippen molar-refractivity contribution in [1.82, 2.24) is 0 Å². The van der Waals surface area contributed by atoms with Gasteiger partial charge in [-0.25, -0.2) is 17.9 Å². The van der Waals surface area contributed by atoms with Gasteiger partial charge in [-0.2, -0.15) is 0 Å². The molecule has 1 aliphatic rings. The minimum Gasteiger partial charge on any atom is -0.228 e. The first-order chi connectivity index (χ1) is 6.46. The van der Waals surface area contributed by atoms with Gasteiger partial charge in [-0.3, -0.25) is 0 Å². The lowest BCUT2D eigenvalue weighted by Crippen LogP contribution is -2.28. The van der Waals surface area contributed by atoms with Crippen LogP contribution in [0.25, 0.3) is 0 Å². The molecule has 1 fully saturated rings. The summed E-state index contributed by atoms with van der Waals surface area (Å²) < 4.78 is 34.4. The molecule has 5 heteroatoms. The van der Waals surface area contributed by atoms with Crippen molar-refractivity contribution in [3.63, 3.8) is 0 Å². The molecule has 3 nitrogen and oxygen atoms in total. The number of hydrogen-bond acceptors (Lipinski definition) is 2. The highest BCUT2D eigenvalue weighted by Gasteiger charge is 2.54. The van der Waals surface area contributed by atoms with Crippen molar-refractivity contribution >= 4 is 10.0 Å². The molecule has 0 atom stereocenters. The number of primary sulfonamides is 1. The summed E-state index contributed by atoms with van der Waals surface area (Å²) in [5, 5.41) is 5.11. The average Bonchev–Trinajstić information content (AvgIpc) is 2.82. The second kappa shape index (κ2) is 2.77. The van der Waals surface area contributed by atoms with Gasteiger partial charge < -0.3 is 0 Å². The number of halogens is 1. The van der Waals surface area contributed by atoms with E-state index in [-0.39, 0.29) is 0 Å². The largest absolute Gasteiger partial charge is 0.228 e. The first-order valence-electron chi connectivity index (χ1n) is 4.24. The van der Waals surface area contributed by atoms with Gasteiger partial charge in [0.15, 0.2) is 0 Å². The average molecular weight is 215 g/mol. The number of benzene rings is 1. The number of nitrogens with two attached hydrogens (primary N) is 1. The molecule has 0 amide bonds. The van der Waals surface area contributed by atoms with Crippen molar-refractivity contribution < 1.29 is 12.8 Å². The van der Waals surface area contributed by atoms with Gasteiger partial charge in [0.1, 0.15) is 10.6 Å². The van der Waals surface area contributed by atoms with Gasteiger partial charge in [-0.1, -0.05) is 12.1 Å². The molecule has 1 aromatic rings. The van der Waals surface area contributed by atoms with Crippen LogP contribution in [0.5, 0.6) is 0 Å². The highest BCUT2D eigenvalue weighted by atomic mass is 32.2. The van der Waals surface area contributed by atoms with Crippen LogP contribution in [0.2, 0.25) is 0 Å². The molecule has 0 heterocycles. The van der Waals surface area contributed by atoms with Crippen molar-refractivity contribution in [2.75, 3.05) is 0 Å². The van der Waals surface area contributed by atoms with Crippen LogP contribution in [0.1, 0.15) is 18.4 Å². The van der Waals surface area contributed by atoms with Gasteiger partial charge in [0, 0.05) is 0 Å². The fourth-order valence-corrected chi connectivity index (χ4v) is 2.75. The lowest BCUT2D eigenvalue weighted by atomic mass is 10.1. The van der Waals surface area contributed by atoms with Crippen LogP contribution in [0.3, 0.4) is 0 Å². The SMILES string of the molecule is NS(=O)(=O)C1(c2cccc(F)c2)CC1. The van der Waals surface area contributed by atoms with Gasteiger partial charge in [-0.15, -0.1) is 0 Å². The van der Waals surface area contributed by atoms with Gasteiger partial charge in [0.25, 0.3) is 0 Å². The van der Waals surface area contributed by atoms with E-state index in [1.54, 1.807) is 6.07 Å². The Morgan fingerprint density at radius 3 is 2.43 bits per heavy atom. The Morgan fingerprint density at radius 2 is 2.00 bits per heavy atom. The second-order valence-corrected chi connectivity index (χ2v) is 5.42. The highest BCUT2D eigenvalue weighted by Crippen LogP contribution is 2.51. The molecule has 0 saturated heterocycles. The number of rotatable bonds is 2. The van der Waals surface area contributed by atoms with E-state index in [4.69, 9.17) is 5.14 Å². The number of sulfonamides is 1. The molecule has 0 bridgehead atoms. The maximum Gasteiger partial charge on any atom is 0.219 e. The Morgan fingerprint density at radius 1 is 1.36 bits per heavy atom. The van der Waals surface area contributed by atoms with Crippen LogP contribution in [0, 0.1) is 5.82 Å². The minimum atomic E-state index is -3.63. The molecule has 0 unspecified atom stereocenters. The van der Waals surface area contributed by atoms with E-state index in [0.29, 0.717) is 18.4 Å². The summed E-state index contributed by atoms with van der Waals surface area (Å²) in [5.74, 6) is -0.433. The summed E-state index contributed by atoms with van der Waals surface area (Å²) >= 11 is 0. The van der Waals surface area contributed by atoms with E-state index in [0.717, 1.165) is 0 Å². The summed E-state index contributed by atoms with van der Waals surface area (Å²) in [5.41, 5.74) is 0.458. The standard InChI is InChI=1S/C9H10FNO2S/c10-8-3-1-2-7(6-8)9(4-5-9)14(11,12)13/h1-3,6H,4-5H2,(H2,11,12,13). The smallest absolute Gasteiger partial charge is 0.219 e.